The first-order valence-corrected chi connectivity index (χ1v) is 11.3. The third kappa shape index (κ3) is 7.43. The van der Waals surface area contributed by atoms with Gasteiger partial charge in [0, 0.05) is 0 Å². The Bertz CT molecular complexity index is 554. The van der Waals surface area contributed by atoms with Crippen LogP contribution in [0.1, 0.15) is 0 Å². The molecule has 12 atom stereocenters. The molecule has 0 aromatic rings. The van der Waals surface area contributed by atoms with Crippen LogP contribution in [0.2, 0.25) is 0 Å². The van der Waals surface area contributed by atoms with E-state index in [0.717, 1.165) is 0 Å². The van der Waals surface area contributed by atoms with Crippen molar-refractivity contribution in [3.8, 4) is 0 Å². The van der Waals surface area contributed by atoms with E-state index in [4.69, 9.17) is 74.5 Å². The SMILES string of the molecule is OC[C@@H](O)C(O)[C@@H](O)CO.OC[C@H]1O[C@H](O[C@]2(CCl)O[C@H](CCl)[C@@H](O)[C@@H]2O)[C@H](O)[C@@H](O)[C@H]1Cl. The molecule has 2 aliphatic heterocycles. The van der Waals surface area contributed by atoms with Crippen molar-refractivity contribution >= 4 is 34.8 Å². The van der Waals surface area contributed by atoms with E-state index in [2.05, 4.69) is 0 Å². The molecule has 0 saturated carbocycles. The van der Waals surface area contributed by atoms with Crippen LogP contribution >= 0.6 is 34.8 Å². The lowest BCUT2D eigenvalue weighted by molar-refractivity contribution is -0.357. The van der Waals surface area contributed by atoms with Gasteiger partial charge in [0.25, 0.3) is 0 Å². The summed E-state index contributed by atoms with van der Waals surface area (Å²) in [6.07, 6.45) is -13.7. The lowest BCUT2D eigenvalue weighted by atomic mass is 10.0. The quantitative estimate of drug-likeness (QED) is 0.122. The Hall–Kier alpha value is 0.350. The molecule has 2 rings (SSSR count). The van der Waals surface area contributed by atoms with Crippen molar-refractivity contribution in [2.75, 3.05) is 31.6 Å². The largest absolute Gasteiger partial charge is 0.394 e. The summed E-state index contributed by atoms with van der Waals surface area (Å²) in [5, 5.41) is 90.7. The number of aliphatic hydroxyl groups is 10. The Labute approximate surface area is 204 Å². The zero-order valence-corrected chi connectivity index (χ0v) is 19.5. The number of aliphatic hydroxyl groups excluding tert-OH is 10. The predicted molar refractivity (Wildman–Crippen MR) is 112 cm³/mol. The first kappa shape index (κ1) is 31.4. The van der Waals surface area contributed by atoms with E-state index in [0.29, 0.717) is 0 Å². The number of ether oxygens (including phenoxy) is 3. The molecule has 2 fully saturated rings. The summed E-state index contributed by atoms with van der Waals surface area (Å²) < 4.78 is 16.1. The highest BCUT2D eigenvalue weighted by atomic mass is 35.5. The average Bonchev–Trinajstić information content (AvgIpc) is 3.08. The zero-order chi connectivity index (χ0) is 25.5. The summed E-state index contributed by atoms with van der Waals surface area (Å²) >= 11 is 17.3. The van der Waals surface area contributed by atoms with E-state index >= 15 is 0 Å². The second-order valence-corrected chi connectivity index (χ2v) is 8.53. The molecule has 1 unspecified atom stereocenters. The van der Waals surface area contributed by atoms with Gasteiger partial charge in [0.2, 0.25) is 5.79 Å². The lowest BCUT2D eigenvalue weighted by Gasteiger charge is -2.43. The maximum atomic E-state index is 10.1. The third-order valence-corrected chi connectivity index (χ3v) is 6.34. The summed E-state index contributed by atoms with van der Waals surface area (Å²) in [5.41, 5.74) is 0. The summed E-state index contributed by atoms with van der Waals surface area (Å²) in [6.45, 7) is -1.81. The second-order valence-electron chi connectivity index (χ2n) is 7.45. The van der Waals surface area contributed by atoms with E-state index in [1.807, 2.05) is 0 Å². The van der Waals surface area contributed by atoms with Gasteiger partial charge >= 0.3 is 0 Å². The van der Waals surface area contributed by atoms with Crippen molar-refractivity contribution in [2.24, 2.45) is 0 Å². The van der Waals surface area contributed by atoms with E-state index in [-0.39, 0.29) is 5.88 Å². The van der Waals surface area contributed by atoms with E-state index in [1.165, 1.54) is 0 Å². The fourth-order valence-corrected chi connectivity index (χ4v) is 3.85. The van der Waals surface area contributed by atoms with Gasteiger partial charge in [-0.2, -0.15) is 0 Å². The first-order chi connectivity index (χ1) is 15.4. The van der Waals surface area contributed by atoms with Gasteiger partial charge in [0.15, 0.2) is 6.29 Å². The Balaban J connectivity index is 0.000000461. The average molecular weight is 550 g/mol. The van der Waals surface area contributed by atoms with Gasteiger partial charge in [0.05, 0.1) is 37.0 Å². The molecule has 13 nitrogen and oxygen atoms in total. The Morgan fingerprint density at radius 2 is 1.39 bits per heavy atom. The van der Waals surface area contributed by atoms with Crippen LogP contribution in [0.3, 0.4) is 0 Å². The topological polar surface area (TPSA) is 230 Å². The molecule has 0 amide bonds. The molecule has 33 heavy (non-hydrogen) atoms. The normalized spacial score (nSPS) is 41.7. The third-order valence-electron chi connectivity index (χ3n) is 5.12. The van der Waals surface area contributed by atoms with Crippen LogP contribution < -0.4 is 0 Å². The van der Waals surface area contributed by atoms with Gasteiger partial charge in [-0.1, -0.05) is 0 Å². The van der Waals surface area contributed by atoms with Crippen LogP contribution in [0.5, 0.6) is 0 Å². The highest BCUT2D eigenvalue weighted by Crippen LogP contribution is 2.37. The van der Waals surface area contributed by atoms with Crippen LogP contribution in [0, 0.1) is 0 Å². The number of hydrogen-bond donors (Lipinski definition) is 10. The minimum Gasteiger partial charge on any atom is -0.394 e. The molecule has 0 aromatic carbocycles. The smallest absolute Gasteiger partial charge is 0.214 e. The molecule has 198 valence electrons. The number of rotatable bonds is 9. The fourth-order valence-electron chi connectivity index (χ4n) is 3.03. The molecule has 0 spiro atoms. The van der Waals surface area contributed by atoms with Crippen LogP contribution in [-0.4, -0.2) is 155 Å². The van der Waals surface area contributed by atoms with E-state index in [9.17, 15) is 25.5 Å². The number of halogens is 3. The molecule has 0 radical (unpaired) electrons. The Morgan fingerprint density at radius 1 is 0.848 bits per heavy atom. The highest BCUT2D eigenvalue weighted by Gasteiger charge is 2.58. The molecule has 0 aromatic heterocycles. The fraction of sp³-hybridized carbons (Fsp3) is 1.00. The molecule has 2 aliphatic rings. The standard InChI is InChI=1S/C12H19Cl3O8.C5H12O5/c13-1-4-7(17)10(20)12(3-14,22-4)23-11-9(19)8(18)6(15)5(2-16)21-11;6-1-3(8)5(10)4(9)2-7/h4-11,16-20H,1-3H2;3-10H,1-2H2/t4-,5-,6+,7-,8+,9-,10+,11-,12+;3-,4+,5?/m1./s1. The highest BCUT2D eigenvalue weighted by molar-refractivity contribution is 6.21. The van der Waals surface area contributed by atoms with Gasteiger partial charge in [-0.15, -0.1) is 34.8 Å². The van der Waals surface area contributed by atoms with E-state index < -0.39 is 98.1 Å². The molecule has 2 saturated heterocycles. The van der Waals surface area contributed by atoms with Crippen molar-refractivity contribution in [1.29, 1.82) is 0 Å². The first-order valence-electron chi connectivity index (χ1n) is 9.80. The summed E-state index contributed by atoms with van der Waals surface area (Å²) in [5.74, 6) is -2.43. The van der Waals surface area contributed by atoms with Gasteiger partial charge in [-0.3, -0.25) is 0 Å². The van der Waals surface area contributed by atoms with Crippen LogP contribution in [0.4, 0.5) is 0 Å². The van der Waals surface area contributed by atoms with Gasteiger partial charge in [0.1, 0.15) is 54.9 Å². The van der Waals surface area contributed by atoms with Crippen molar-refractivity contribution < 1.29 is 65.3 Å². The molecule has 16 heteroatoms. The monoisotopic (exact) mass is 548 g/mol. The van der Waals surface area contributed by atoms with Crippen molar-refractivity contribution in [1.82, 2.24) is 0 Å². The lowest BCUT2D eigenvalue weighted by Crippen LogP contribution is -2.61. The van der Waals surface area contributed by atoms with Gasteiger partial charge in [-0.25, -0.2) is 0 Å². The molecule has 0 aliphatic carbocycles. The zero-order valence-electron chi connectivity index (χ0n) is 17.2. The van der Waals surface area contributed by atoms with Crippen molar-refractivity contribution in [3.63, 3.8) is 0 Å². The minimum atomic E-state index is -1.90. The molecular weight excluding hydrogens is 519 g/mol. The summed E-state index contributed by atoms with van der Waals surface area (Å²) in [4.78, 5) is 0. The van der Waals surface area contributed by atoms with Crippen LogP contribution in [-0.2, 0) is 14.2 Å². The number of alkyl halides is 3. The van der Waals surface area contributed by atoms with Crippen molar-refractivity contribution in [2.45, 2.75) is 72.4 Å². The maximum absolute atomic E-state index is 10.1. The van der Waals surface area contributed by atoms with Crippen LogP contribution in [0.15, 0.2) is 0 Å². The molecule has 2 heterocycles. The van der Waals surface area contributed by atoms with Gasteiger partial charge in [-0.05, 0) is 0 Å². The predicted octanol–water partition coefficient (Wildman–Crippen LogP) is -4.60. The van der Waals surface area contributed by atoms with Gasteiger partial charge < -0.3 is 65.3 Å². The number of hydrogen-bond acceptors (Lipinski definition) is 13. The summed E-state index contributed by atoms with van der Waals surface area (Å²) in [6, 6.07) is 0. The Kier molecular flexibility index (Phi) is 13.5. The molecule has 10 N–H and O–H groups in total. The Morgan fingerprint density at radius 3 is 1.79 bits per heavy atom. The molecule has 0 bridgehead atoms. The second kappa shape index (κ2) is 14.2. The van der Waals surface area contributed by atoms with Crippen LogP contribution in [0.25, 0.3) is 0 Å². The molecular formula is C17H31Cl3O13. The summed E-state index contributed by atoms with van der Waals surface area (Å²) in [7, 11) is 0. The minimum absolute atomic E-state index is 0.125. The van der Waals surface area contributed by atoms with Crippen molar-refractivity contribution in [3.05, 3.63) is 0 Å². The van der Waals surface area contributed by atoms with E-state index in [1.54, 1.807) is 0 Å². The maximum Gasteiger partial charge on any atom is 0.214 e.